The summed E-state index contributed by atoms with van der Waals surface area (Å²) in [6.45, 7) is 2.76. The van der Waals surface area contributed by atoms with Crippen molar-refractivity contribution in [1.82, 2.24) is 4.90 Å². The predicted molar refractivity (Wildman–Crippen MR) is 80.4 cm³/mol. The van der Waals surface area contributed by atoms with Crippen molar-refractivity contribution < 1.29 is 4.79 Å². The largest absolute Gasteiger partial charge is 0.345 e. The molecule has 3 rings (SSSR count). The van der Waals surface area contributed by atoms with E-state index in [1.54, 1.807) is 0 Å². The molecule has 0 bridgehead atoms. The normalized spacial score (nSPS) is 28.2. The lowest BCUT2D eigenvalue weighted by molar-refractivity contribution is -0.131. The van der Waals surface area contributed by atoms with Crippen LogP contribution < -0.4 is 5.73 Å². The van der Waals surface area contributed by atoms with E-state index in [2.05, 4.69) is 24.3 Å². The highest BCUT2D eigenvalue weighted by molar-refractivity contribution is 5.84. The van der Waals surface area contributed by atoms with Gasteiger partial charge in [0.25, 0.3) is 0 Å². The molecule has 3 nitrogen and oxygen atoms in total. The van der Waals surface area contributed by atoms with Crippen LogP contribution in [0, 0.1) is 11.8 Å². The van der Waals surface area contributed by atoms with E-state index < -0.39 is 0 Å². The Hall–Kier alpha value is -1.35. The molecule has 2 aliphatic rings. The summed E-state index contributed by atoms with van der Waals surface area (Å²) in [5, 5.41) is 0. The third-order valence-electron chi connectivity index (χ3n) is 4.91. The Kier molecular flexibility index (Phi) is 3.55. The molecule has 0 aromatic heterocycles. The zero-order chi connectivity index (χ0) is 14.3. The van der Waals surface area contributed by atoms with Gasteiger partial charge in [0.15, 0.2) is 0 Å². The van der Waals surface area contributed by atoms with Crippen LogP contribution >= 0.6 is 0 Å². The van der Waals surface area contributed by atoms with Crippen LogP contribution in [0.5, 0.6) is 0 Å². The molecule has 0 heterocycles. The fraction of sp³-hybridized carbons (Fsp3) is 0.588. The van der Waals surface area contributed by atoms with Gasteiger partial charge in [0.2, 0.25) is 5.91 Å². The highest BCUT2D eigenvalue weighted by Crippen LogP contribution is 2.60. The van der Waals surface area contributed by atoms with E-state index in [4.69, 9.17) is 5.73 Å². The van der Waals surface area contributed by atoms with Crippen LogP contribution in [0.1, 0.15) is 36.8 Å². The van der Waals surface area contributed by atoms with Crippen LogP contribution in [-0.4, -0.2) is 30.4 Å². The summed E-state index contributed by atoms with van der Waals surface area (Å²) in [4.78, 5) is 14.5. The third-order valence-corrected chi connectivity index (χ3v) is 4.91. The van der Waals surface area contributed by atoms with Crippen LogP contribution in [-0.2, 0) is 11.2 Å². The van der Waals surface area contributed by atoms with Crippen molar-refractivity contribution in [2.24, 2.45) is 17.6 Å². The Morgan fingerprint density at radius 1 is 1.45 bits per heavy atom. The van der Waals surface area contributed by atoms with Gasteiger partial charge in [-0.15, -0.1) is 0 Å². The molecule has 0 spiro atoms. The quantitative estimate of drug-likeness (QED) is 0.913. The van der Waals surface area contributed by atoms with E-state index in [1.807, 2.05) is 18.9 Å². The molecular formula is C17H24N2O. The molecule has 1 aromatic carbocycles. The molecule has 20 heavy (non-hydrogen) atoms. The van der Waals surface area contributed by atoms with Gasteiger partial charge in [-0.3, -0.25) is 4.79 Å². The predicted octanol–water partition coefficient (Wildman–Crippen LogP) is 2.16. The van der Waals surface area contributed by atoms with Gasteiger partial charge in [0.05, 0.1) is 0 Å². The first-order chi connectivity index (χ1) is 9.59. The van der Waals surface area contributed by atoms with Crippen molar-refractivity contribution in [2.75, 3.05) is 13.6 Å². The van der Waals surface area contributed by atoms with Crippen LogP contribution in [0.3, 0.4) is 0 Å². The molecule has 0 aliphatic heterocycles. The number of hydrogen-bond donors (Lipinski definition) is 1. The first-order valence-corrected chi connectivity index (χ1v) is 7.68. The Bertz CT molecular complexity index is 511. The minimum atomic E-state index is 0.160. The molecule has 3 heteroatoms. The van der Waals surface area contributed by atoms with Crippen LogP contribution in [0.4, 0.5) is 0 Å². The van der Waals surface area contributed by atoms with Gasteiger partial charge >= 0.3 is 0 Å². The fourth-order valence-electron chi connectivity index (χ4n) is 3.66. The van der Waals surface area contributed by atoms with Crippen molar-refractivity contribution in [3.05, 3.63) is 35.4 Å². The molecule has 1 aromatic rings. The molecule has 108 valence electrons. The number of amides is 1. The molecule has 4 atom stereocenters. The Morgan fingerprint density at radius 2 is 2.20 bits per heavy atom. The maximum absolute atomic E-state index is 12.6. The maximum atomic E-state index is 12.6. The number of nitrogens with two attached hydrogens (primary N) is 1. The second-order valence-corrected chi connectivity index (χ2v) is 6.48. The molecule has 4 unspecified atom stereocenters. The molecule has 0 radical (unpaired) electrons. The van der Waals surface area contributed by atoms with E-state index >= 15 is 0 Å². The van der Waals surface area contributed by atoms with Crippen molar-refractivity contribution in [2.45, 2.75) is 38.1 Å². The van der Waals surface area contributed by atoms with E-state index in [0.717, 1.165) is 19.4 Å². The first-order valence-electron chi connectivity index (χ1n) is 7.68. The van der Waals surface area contributed by atoms with E-state index in [-0.39, 0.29) is 12.0 Å². The molecule has 0 saturated heterocycles. The summed E-state index contributed by atoms with van der Waals surface area (Å²) in [7, 11) is 1.92. The smallest absolute Gasteiger partial charge is 0.226 e. The van der Waals surface area contributed by atoms with Crippen LogP contribution in [0.25, 0.3) is 0 Å². The molecule has 2 N–H and O–H groups in total. The minimum absolute atomic E-state index is 0.160. The van der Waals surface area contributed by atoms with Gasteiger partial charge in [-0.1, -0.05) is 24.3 Å². The second kappa shape index (κ2) is 5.21. The van der Waals surface area contributed by atoms with Gasteiger partial charge in [-0.25, -0.2) is 0 Å². The number of nitrogens with zero attached hydrogens (tertiary/aromatic N) is 1. The summed E-state index contributed by atoms with van der Waals surface area (Å²) in [5.74, 6) is 1.59. The topological polar surface area (TPSA) is 46.3 Å². The second-order valence-electron chi connectivity index (χ2n) is 6.48. The summed E-state index contributed by atoms with van der Waals surface area (Å²) < 4.78 is 0. The van der Waals surface area contributed by atoms with Crippen molar-refractivity contribution >= 4 is 5.91 Å². The average molecular weight is 272 g/mol. The monoisotopic (exact) mass is 272 g/mol. The van der Waals surface area contributed by atoms with E-state index in [0.29, 0.717) is 17.7 Å². The van der Waals surface area contributed by atoms with Gasteiger partial charge in [0, 0.05) is 25.6 Å². The number of aryl methyl sites for hydroxylation is 1. The standard InChI is InChI=1S/C17H24N2O/c1-11(18)9-10-19(2)17(20)16-14-8-7-12-5-3-4-6-13(12)15(14)16/h3-6,11,14-16H,7-10,18H2,1-2H3. The lowest BCUT2D eigenvalue weighted by atomic mass is 9.92. The first kappa shape index (κ1) is 13.6. The van der Waals surface area contributed by atoms with E-state index in [9.17, 15) is 4.79 Å². The highest BCUT2D eigenvalue weighted by Gasteiger charge is 2.57. The minimum Gasteiger partial charge on any atom is -0.345 e. The average Bonchev–Trinajstić information content (AvgIpc) is 3.18. The fourth-order valence-corrected chi connectivity index (χ4v) is 3.66. The van der Waals surface area contributed by atoms with Gasteiger partial charge in [-0.05, 0) is 49.1 Å². The molecule has 1 fully saturated rings. The van der Waals surface area contributed by atoms with Crippen molar-refractivity contribution in [1.29, 1.82) is 0 Å². The summed E-state index contributed by atoms with van der Waals surface area (Å²) in [5.41, 5.74) is 8.64. The third kappa shape index (κ3) is 2.35. The zero-order valence-electron chi connectivity index (χ0n) is 12.4. The number of benzene rings is 1. The summed E-state index contributed by atoms with van der Waals surface area (Å²) in [6, 6.07) is 8.79. The Balaban J connectivity index is 1.68. The SMILES string of the molecule is CC(N)CCN(C)C(=O)C1C2CCc3ccccc3C21. The van der Waals surface area contributed by atoms with Gasteiger partial charge in [-0.2, -0.15) is 0 Å². The number of fused-ring (bicyclic) bond motifs is 3. The molecule has 1 saturated carbocycles. The number of rotatable bonds is 4. The van der Waals surface area contributed by atoms with Crippen LogP contribution in [0.2, 0.25) is 0 Å². The number of carbonyl (C=O) groups is 1. The summed E-state index contributed by atoms with van der Waals surface area (Å²) in [6.07, 6.45) is 3.17. The number of hydrogen-bond acceptors (Lipinski definition) is 2. The highest BCUT2D eigenvalue weighted by atomic mass is 16.2. The molecular weight excluding hydrogens is 248 g/mol. The number of carbonyl (C=O) groups excluding carboxylic acids is 1. The molecule has 1 amide bonds. The van der Waals surface area contributed by atoms with Crippen molar-refractivity contribution in [3.63, 3.8) is 0 Å². The Labute approximate surface area is 121 Å². The van der Waals surface area contributed by atoms with Crippen molar-refractivity contribution in [3.8, 4) is 0 Å². The maximum Gasteiger partial charge on any atom is 0.226 e. The van der Waals surface area contributed by atoms with E-state index in [1.165, 1.54) is 17.5 Å². The lowest BCUT2D eigenvalue weighted by Gasteiger charge is -2.18. The van der Waals surface area contributed by atoms with Gasteiger partial charge in [0.1, 0.15) is 0 Å². The summed E-state index contributed by atoms with van der Waals surface area (Å²) >= 11 is 0. The zero-order valence-corrected chi connectivity index (χ0v) is 12.4. The molecule has 2 aliphatic carbocycles. The Morgan fingerprint density at radius 3 is 2.95 bits per heavy atom. The lowest BCUT2D eigenvalue weighted by Crippen LogP contribution is -2.32. The van der Waals surface area contributed by atoms with Gasteiger partial charge < -0.3 is 10.6 Å². The van der Waals surface area contributed by atoms with Crippen LogP contribution in [0.15, 0.2) is 24.3 Å².